The summed E-state index contributed by atoms with van der Waals surface area (Å²) in [4.78, 5) is 4.32. The maximum absolute atomic E-state index is 9.83. The van der Waals surface area contributed by atoms with E-state index in [1.54, 1.807) is 6.21 Å². The van der Waals surface area contributed by atoms with E-state index < -0.39 is 0 Å². The Morgan fingerprint density at radius 2 is 1.94 bits per heavy atom. The predicted molar refractivity (Wildman–Crippen MR) is 74.2 cm³/mol. The number of phenols is 1. The van der Waals surface area contributed by atoms with Gasteiger partial charge < -0.3 is 5.11 Å². The molecule has 2 aromatic rings. The highest BCUT2D eigenvalue weighted by molar-refractivity contribution is 9.10. The van der Waals surface area contributed by atoms with Crippen LogP contribution >= 0.6 is 15.9 Å². The summed E-state index contributed by atoms with van der Waals surface area (Å²) in [5.41, 5.74) is 2.42. The van der Waals surface area contributed by atoms with Crippen LogP contribution in [-0.4, -0.2) is 11.3 Å². The number of para-hydroxylation sites is 1. The van der Waals surface area contributed by atoms with Gasteiger partial charge in [-0.05, 0) is 36.8 Å². The fourth-order valence-corrected chi connectivity index (χ4v) is 1.87. The molecule has 0 bridgehead atoms. The van der Waals surface area contributed by atoms with Crippen LogP contribution in [0.5, 0.6) is 5.75 Å². The fraction of sp³-hybridized carbons (Fsp3) is 0.0714. The van der Waals surface area contributed by atoms with Gasteiger partial charge in [-0.3, -0.25) is 4.99 Å². The summed E-state index contributed by atoms with van der Waals surface area (Å²) in [6.45, 7) is 1.87. The van der Waals surface area contributed by atoms with E-state index in [4.69, 9.17) is 0 Å². The third-order valence-corrected chi connectivity index (χ3v) is 2.92. The molecule has 0 saturated heterocycles. The van der Waals surface area contributed by atoms with Gasteiger partial charge in [-0.1, -0.05) is 34.1 Å². The number of hydrogen-bond acceptors (Lipinski definition) is 2. The number of hydrogen-bond donors (Lipinski definition) is 1. The minimum absolute atomic E-state index is 0.284. The lowest BCUT2D eigenvalue weighted by atomic mass is 10.1. The minimum atomic E-state index is 0.284. The number of aromatic hydroxyl groups is 1. The van der Waals surface area contributed by atoms with Crippen molar-refractivity contribution in [3.05, 3.63) is 58.1 Å². The maximum atomic E-state index is 9.83. The van der Waals surface area contributed by atoms with Gasteiger partial charge in [-0.2, -0.15) is 0 Å². The summed E-state index contributed by atoms with van der Waals surface area (Å²) < 4.78 is 0.987. The van der Waals surface area contributed by atoms with Gasteiger partial charge in [0.15, 0.2) is 0 Å². The van der Waals surface area contributed by atoms with Gasteiger partial charge in [0.2, 0.25) is 0 Å². The molecule has 0 atom stereocenters. The SMILES string of the molecule is Cc1cccc(C=Nc2cccc(Br)c2)c1O. The zero-order valence-electron chi connectivity index (χ0n) is 9.39. The lowest BCUT2D eigenvalue weighted by molar-refractivity contribution is 0.470. The van der Waals surface area contributed by atoms with Crippen LogP contribution in [0.25, 0.3) is 0 Å². The highest BCUT2D eigenvalue weighted by Crippen LogP contribution is 2.22. The second kappa shape index (κ2) is 5.15. The molecule has 0 aliphatic carbocycles. The van der Waals surface area contributed by atoms with Gasteiger partial charge in [0.1, 0.15) is 5.75 Å². The lowest BCUT2D eigenvalue weighted by Gasteiger charge is -2.01. The van der Waals surface area contributed by atoms with E-state index in [2.05, 4.69) is 20.9 Å². The molecule has 2 rings (SSSR count). The molecule has 0 aliphatic rings. The fourth-order valence-electron chi connectivity index (χ4n) is 1.49. The number of aryl methyl sites for hydroxylation is 1. The van der Waals surface area contributed by atoms with Crippen molar-refractivity contribution in [1.82, 2.24) is 0 Å². The molecule has 0 aromatic heterocycles. The molecule has 0 aliphatic heterocycles. The molecule has 17 heavy (non-hydrogen) atoms. The largest absolute Gasteiger partial charge is 0.507 e. The first-order valence-electron chi connectivity index (χ1n) is 5.25. The van der Waals surface area contributed by atoms with E-state index in [0.29, 0.717) is 0 Å². The molecule has 0 spiro atoms. The molecule has 2 aromatic carbocycles. The van der Waals surface area contributed by atoms with Crippen molar-refractivity contribution < 1.29 is 5.11 Å². The molecule has 2 nitrogen and oxygen atoms in total. The zero-order chi connectivity index (χ0) is 12.3. The average molecular weight is 290 g/mol. The van der Waals surface area contributed by atoms with Crippen LogP contribution in [0.2, 0.25) is 0 Å². The summed E-state index contributed by atoms with van der Waals surface area (Å²) in [6.07, 6.45) is 1.67. The third-order valence-electron chi connectivity index (χ3n) is 2.43. The minimum Gasteiger partial charge on any atom is -0.507 e. The van der Waals surface area contributed by atoms with E-state index in [0.717, 1.165) is 21.3 Å². The van der Waals surface area contributed by atoms with Crippen molar-refractivity contribution in [2.45, 2.75) is 6.92 Å². The van der Waals surface area contributed by atoms with Crippen LogP contribution in [0.15, 0.2) is 51.9 Å². The third kappa shape index (κ3) is 2.94. The molecular formula is C14H12BrNO. The van der Waals surface area contributed by atoms with Crippen LogP contribution in [0, 0.1) is 6.92 Å². The Labute approximate surface area is 109 Å². The van der Waals surface area contributed by atoms with E-state index in [-0.39, 0.29) is 5.75 Å². The second-order valence-electron chi connectivity index (χ2n) is 3.75. The standard InChI is InChI=1S/C14H12BrNO/c1-10-4-2-5-11(14(10)17)9-16-13-7-3-6-12(15)8-13/h2-9,17H,1H3. The van der Waals surface area contributed by atoms with Gasteiger partial charge >= 0.3 is 0 Å². The van der Waals surface area contributed by atoms with Gasteiger partial charge in [-0.25, -0.2) is 0 Å². The topological polar surface area (TPSA) is 32.6 Å². The average Bonchev–Trinajstić information content (AvgIpc) is 2.31. The molecule has 0 unspecified atom stereocenters. The van der Waals surface area contributed by atoms with Crippen LogP contribution in [0.3, 0.4) is 0 Å². The maximum Gasteiger partial charge on any atom is 0.127 e. The first-order valence-corrected chi connectivity index (χ1v) is 6.04. The molecule has 0 amide bonds. The number of benzene rings is 2. The Bertz CT molecular complexity index is 564. The van der Waals surface area contributed by atoms with E-state index in [9.17, 15) is 5.11 Å². The number of rotatable bonds is 2. The van der Waals surface area contributed by atoms with Crippen LogP contribution < -0.4 is 0 Å². The van der Waals surface area contributed by atoms with Gasteiger partial charge in [0.05, 0.1) is 5.69 Å². The molecule has 3 heteroatoms. The number of halogens is 1. The Kier molecular flexibility index (Phi) is 3.59. The Morgan fingerprint density at radius 1 is 1.18 bits per heavy atom. The van der Waals surface area contributed by atoms with Crippen LogP contribution in [-0.2, 0) is 0 Å². The molecule has 0 heterocycles. The zero-order valence-corrected chi connectivity index (χ0v) is 11.0. The van der Waals surface area contributed by atoms with Crippen molar-refractivity contribution in [2.24, 2.45) is 4.99 Å². The van der Waals surface area contributed by atoms with E-state index >= 15 is 0 Å². The van der Waals surface area contributed by atoms with Gasteiger partial charge in [0, 0.05) is 16.3 Å². The highest BCUT2D eigenvalue weighted by atomic mass is 79.9. The van der Waals surface area contributed by atoms with E-state index in [1.165, 1.54) is 0 Å². The molecular weight excluding hydrogens is 278 g/mol. The number of nitrogens with zero attached hydrogens (tertiary/aromatic N) is 1. The second-order valence-corrected chi connectivity index (χ2v) is 4.67. The van der Waals surface area contributed by atoms with Crippen molar-refractivity contribution >= 4 is 27.8 Å². The molecule has 1 N–H and O–H groups in total. The number of aliphatic imine (C=N–C) groups is 1. The summed E-state index contributed by atoms with van der Waals surface area (Å²) in [5, 5.41) is 9.83. The Hall–Kier alpha value is -1.61. The molecule has 0 radical (unpaired) electrons. The van der Waals surface area contributed by atoms with Crippen LogP contribution in [0.4, 0.5) is 5.69 Å². The quantitative estimate of drug-likeness (QED) is 0.825. The highest BCUT2D eigenvalue weighted by Gasteiger charge is 2.00. The first kappa shape index (κ1) is 11.9. The molecule has 86 valence electrons. The summed E-state index contributed by atoms with van der Waals surface area (Å²) in [7, 11) is 0. The molecule has 0 fully saturated rings. The van der Waals surface area contributed by atoms with Crippen molar-refractivity contribution in [3.63, 3.8) is 0 Å². The summed E-state index contributed by atoms with van der Waals surface area (Å²) in [6, 6.07) is 13.3. The smallest absolute Gasteiger partial charge is 0.127 e. The van der Waals surface area contributed by atoms with Crippen molar-refractivity contribution in [3.8, 4) is 5.75 Å². The molecule has 0 saturated carbocycles. The summed E-state index contributed by atoms with van der Waals surface area (Å²) >= 11 is 3.39. The Balaban J connectivity index is 2.29. The van der Waals surface area contributed by atoms with E-state index in [1.807, 2.05) is 49.4 Å². The number of phenolic OH excluding ortho intramolecular Hbond substituents is 1. The monoisotopic (exact) mass is 289 g/mol. The van der Waals surface area contributed by atoms with Crippen LogP contribution in [0.1, 0.15) is 11.1 Å². The first-order chi connectivity index (χ1) is 8.16. The van der Waals surface area contributed by atoms with Gasteiger partial charge in [0.25, 0.3) is 0 Å². The summed E-state index contributed by atoms with van der Waals surface area (Å²) in [5.74, 6) is 0.284. The van der Waals surface area contributed by atoms with Crippen molar-refractivity contribution in [1.29, 1.82) is 0 Å². The van der Waals surface area contributed by atoms with Gasteiger partial charge in [-0.15, -0.1) is 0 Å². The lowest BCUT2D eigenvalue weighted by Crippen LogP contribution is -1.84. The normalized spacial score (nSPS) is 10.9. The van der Waals surface area contributed by atoms with Crippen molar-refractivity contribution in [2.75, 3.05) is 0 Å². The predicted octanol–water partition coefficient (Wildman–Crippen LogP) is 4.21. The Morgan fingerprint density at radius 3 is 2.71 bits per heavy atom.